The molecule has 0 aromatic rings. The molecule has 3 nitrogen and oxygen atoms in total. The van der Waals surface area contributed by atoms with Crippen LogP contribution < -0.4 is 0 Å². The second kappa shape index (κ2) is 4.74. The van der Waals surface area contributed by atoms with Crippen LogP contribution in [-0.2, 0) is 4.79 Å². The molecule has 0 aliphatic heterocycles. The van der Waals surface area contributed by atoms with Crippen LogP contribution in [0.4, 0.5) is 0 Å². The molecule has 4 aliphatic rings. The summed E-state index contributed by atoms with van der Waals surface area (Å²) in [5.74, 6) is 1.02. The van der Waals surface area contributed by atoms with Gasteiger partial charge >= 0.3 is 5.97 Å². The maximum Gasteiger partial charge on any atom is 0.306 e. The van der Waals surface area contributed by atoms with Crippen molar-refractivity contribution in [1.29, 1.82) is 0 Å². The van der Waals surface area contributed by atoms with Crippen LogP contribution in [0.25, 0.3) is 0 Å². The summed E-state index contributed by atoms with van der Waals surface area (Å²) in [4.78, 5) is 11.7. The van der Waals surface area contributed by atoms with Crippen molar-refractivity contribution in [3.05, 3.63) is 0 Å². The van der Waals surface area contributed by atoms with Gasteiger partial charge in [-0.2, -0.15) is 0 Å². The van der Waals surface area contributed by atoms with E-state index < -0.39 is 5.97 Å². The lowest BCUT2D eigenvalue weighted by Gasteiger charge is -2.64. The van der Waals surface area contributed by atoms with Crippen LogP contribution >= 0.6 is 0 Å². The molecule has 0 aromatic heterocycles. The zero-order chi connectivity index (χ0) is 16.6. The molecule has 0 heterocycles. The van der Waals surface area contributed by atoms with Crippen LogP contribution in [0, 0.1) is 39.9 Å². The summed E-state index contributed by atoms with van der Waals surface area (Å²) in [6.45, 7) is 7.00. The van der Waals surface area contributed by atoms with Crippen molar-refractivity contribution in [2.24, 2.45) is 39.9 Å². The minimum absolute atomic E-state index is 0.00371. The molecule has 4 saturated carbocycles. The number of aliphatic hydroxyl groups excluding tert-OH is 1. The number of aliphatic carboxylic acids is 1. The van der Waals surface area contributed by atoms with Crippen molar-refractivity contribution >= 4 is 5.97 Å². The number of fused-ring (bicyclic) bond motifs is 3. The van der Waals surface area contributed by atoms with Gasteiger partial charge in [0.05, 0.1) is 12.0 Å². The summed E-state index contributed by atoms with van der Waals surface area (Å²) < 4.78 is 0. The van der Waals surface area contributed by atoms with Crippen molar-refractivity contribution < 1.29 is 15.0 Å². The van der Waals surface area contributed by atoms with E-state index in [1.807, 2.05) is 0 Å². The van der Waals surface area contributed by atoms with Crippen LogP contribution in [0.2, 0.25) is 0 Å². The zero-order valence-electron chi connectivity index (χ0n) is 14.8. The molecule has 4 fully saturated rings. The Morgan fingerprint density at radius 2 is 1.70 bits per heavy atom. The van der Waals surface area contributed by atoms with Gasteiger partial charge in [-0.05, 0) is 85.4 Å². The number of carbonyl (C=O) groups is 1. The molecule has 0 aromatic carbocycles. The average molecular weight is 320 g/mol. The summed E-state index contributed by atoms with van der Waals surface area (Å²) >= 11 is 0. The molecule has 130 valence electrons. The predicted molar refractivity (Wildman–Crippen MR) is 88.9 cm³/mol. The van der Waals surface area contributed by atoms with Crippen molar-refractivity contribution in [2.75, 3.05) is 0 Å². The highest BCUT2D eigenvalue weighted by molar-refractivity contribution is 5.71. The first kappa shape index (κ1) is 15.9. The molecule has 2 N–H and O–H groups in total. The predicted octanol–water partition coefficient (Wildman–Crippen LogP) is 4.09. The lowest BCUT2D eigenvalue weighted by atomic mass is 9.41. The normalized spacial score (nSPS) is 54.2. The Morgan fingerprint density at radius 1 is 0.957 bits per heavy atom. The maximum atomic E-state index is 11.7. The van der Waals surface area contributed by atoms with Crippen molar-refractivity contribution in [3.63, 3.8) is 0 Å². The number of rotatable bonds is 1. The van der Waals surface area contributed by atoms with Crippen molar-refractivity contribution in [1.82, 2.24) is 0 Å². The smallest absolute Gasteiger partial charge is 0.306 e. The van der Waals surface area contributed by atoms with E-state index in [4.69, 9.17) is 0 Å². The van der Waals surface area contributed by atoms with Crippen LogP contribution in [0.3, 0.4) is 0 Å². The summed E-state index contributed by atoms with van der Waals surface area (Å²) in [7, 11) is 0. The number of carboxylic acid groups (broad SMARTS) is 1. The maximum absolute atomic E-state index is 11.7. The molecule has 23 heavy (non-hydrogen) atoms. The fourth-order valence-corrected chi connectivity index (χ4v) is 7.95. The van der Waals surface area contributed by atoms with Crippen molar-refractivity contribution in [3.8, 4) is 0 Å². The van der Waals surface area contributed by atoms with Gasteiger partial charge in [0.15, 0.2) is 0 Å². The number of hydrogen-bond donors (Lipinski definition) is 2. The van der Waals surface area contributed by atoms with Gasteiger partial charge in [0.25, 0.3) is 0 Å². The molecule has 1 spiro atoms. The summed E-state index contributed by atoms with van der Waals surface area (Å²) in [6, 6.07) is 0. The third-order valence-corrected chi connectivity index (χ3v) is 8.98. The third-order valence-electron chi connectivity index (χ3n) is 8.98. The van der Waals surface area contributed by atoms with Gasteiger partial charge in [0, 0.05) is 0 Å². The highest BCUT2D eigenvalue weighted by Gasteiger charge is 2.65. The quantitative estimate of drug-likeness (QED) is 0.765. The van der Waals surface area contributed by atoms with E-state index in [-0.39, 0.29) is 22.9 Å². The van der Waals surface area contributed by atoms with E-state index in [9.17, 15) is 15.0 Å². The van der Waals surface area contributed by atoms with E-state index >= 15 is 0 Å². The Kier molecular flexibility index (Phi) is 3.28. The van der Waals surface area contributed by atoms with E-state index in [0.29, 0.717) is 23.2 Å². The standard InChI is InChI=1S/C20H32O3/c1-18(2)14-6-9-20-10-12(13(11-20)17(22)23)4-5-15(20)19(14,3)8-7-16(18)21/h12-16,21H,4-11H2,1-3H3,(H,22,23)/t12-,13-,14+,15-,16+,19+,20+/m1/s1. The van der Waals surface area contributed by atoms with Gasteiger partial charge in [0.1, 0.15) is 0 Å². The molecular formula is C20H32O3. The third kappa shape index (κ3) is 1.95. The Balaban J connectivity index is 1.70. The van der Waals surface area contributed by atoms with Gasteiger partial charge in [-0.3, -0.25) is 4.79 Å². The van der Waals surface area contributed by atoms with Gasteiger partial charge in [0.2, 0.25) is 0 Å². The molecule has 0 amide bonds. The number of carboxylic acids is 1. The monoisotopic (exact) mass is 320 g/mol. The molecule has 4 aliphatic carbocycles. The van der Waals surface area contributed by atoms with Gasteiger partial charge < -0.3 is 10.2 Å². The van der Waals surface area contributed by atoms with E-state index in [2.05, 4.69) is 20.8 Å². The van der Waals surface area contributed by atoms with Gasteiger partial charge in [-0.1, -0.05) is 20.8 Å². The molecular weight excluding hydrogens is 288 g/mol. The SMILES string of the molecule is CC1(C)[C@@H](O)CC[C@@]2(C)[C@H]1CC[C@@]13C[C@@H](CC[C@@H]12)[C@H](C(=O)O)C3. The highest BCUT2D eigenvalue weighted by Crippen LogP contribution is 2.72. The second-order valence-electron chi connectivity index (χ2n) is 10.1. The summed E-state index contributed by atoms with van der Waals surface area (Å²) in [5.41, 5.74) is 0.575. The van der Waals surface area contributed by atoms with E-state index in [0.717, 1.165) is 32.1 Å². The fourth-order valence-electron chi connectivity index (χ4n) is 7.95. The number of hydrogen-bond acceptors (Lipinski definition) is 2. The first-order valence-corrected chi connectivity index (χ1v) is 9.62. The van der Waals surface area contributed by atoms with Crippen molar-refractivity contribution in [2.45, 2.75) is 78.2 Å². The Hall–Kier alpha value is -0.570. The zero-order valence-corrected chi connectivity index (χ0v) is 14.8. The van der Waals surface area contributed by atoms with E-state index in [1.54, 1.807) is 0 Å². The lowest BCUT2D eigenvalue weighted by Crippen LogP contribution is -2.59. The molecule has 7 atom stereocenters. The average Bonchev–Trinajstić information content (AvgIpc) is 2.75. The molecule has 0 unspecified atom stereocenters. The first-order chi connectivity index (χ1) is 10.7. The van der Waals surface area contributed by atoms with Gasteiger partial charge in [-0.15, -0.1) is 0 Å². The summed E-state index contributed by atoms with van der Waals surface area (Å²) in [5, 5.41) is 20.2. The summed E-state index contributed by atoms with van der Waals surface area (Å²) in [6.07, 6.45) is 8.62. The van der Waals surface area contributed by atoms with Gasteiger partial charge in [-0.25, -0.2) is 0 Å². The largest absolute Gasteiger partial charge is 0.481 e. The molecule has 0 radical (unpaired) electrons. The Bertz CT molecular complexity index is 527. The Labute approximate surface area is 139 Å². The topological polar surface area (TPSA) is 57.5 Å². The van der Waals surface area contributed by atoms with Crippen LogP contribution in [0.5, 0.6) is 0 Å². The van der Waals surface area contributed by atoms with Crippen LogP contribution in [0.15, 0.2) is 0 Å². The molecule has 4 rings (SSSR count). The molecule has 0 saturated heterocycles. The number of aliphatic hydroxyl groups is 1. The minimum Gasteiger partial charge on any atom is -0.481 e. The van der Waals surface area contributed by atoms with Crippen LogP contribution in [-0.4, -0.2) is 22.3 Å². The Morgan fingerprint density at radius 3 is 2.39 bits per heavy atom. The minimum atomic E-state index is -0.556. The van der Waals surface area contributed by atoms with Crippen LogP contribution in [0.1, 0.15) is 72.1 Å². The highest BCUT2D eigenvalue weighted by atomic mass is 16.4. The molecule has 2 bridgehead atoms. The second-order valence-corrected chi connectivity index (χ2v) is 10.1. The van der Waals surface area contributed by atoms with E-state index in [1.165, 1.54) is 19.3 Å². The molecule has 3 heteroatoms. The fraction of sp³-hybridized carbons (Fsp3) is 0.950. The lowest BCUT2D eigenvalue weighted by molar-refractivity contribution is -0.180. The first-order valence-electron chi connectivity index (χ1n) is 9.62.